The number of hydrogen-bond acceptors (Lipinski definition) is 3. The van der Waals surface area contributed by atoms with Crippen molar-refractivity contribution in [3.8, 4) is 0 Å². The molecule has 1 heterocycles. The number of rotatable bonds is 10. The highest BCUT2D eigenvalue weighted by atomic mass is 19.4. The molecule has 204 valence electrons. The van der Waals surface area contributed by atoms with Crippen LogP contribution in [0.25, 0.3) is 5.57 Å². The van der Waals surface area contributed by atoms with Gasteiger partial charge in [0.15, 0.2) is 5.84 Å². The molecule has 0 spiro atoms. The van der Waals surface area contributed by atoms with E-state index in [0.717, 1.165) is 42.5 Å². The van der Waals surface area contributed by atoms with Gasteiger partial charge in [0.25, 0.3) is 0 Å². The van der Waals surface area contributed by atoms with Crippen LogP contribution in [0.2, 0.25) is 0 Å². The number of carbonyl (C=O) groups excluding carboxylic acids is 1. The summed E-state index contributed by atoms with van der Waals surface area (Å²) in [6, 6.07) is 5.17. The lowest BCUT2D eigenvalue weighted by Crippen LogP contribution is -2.34. The highest BCUT2D eigenvalue weighted by molar-refractivity contribution is 6.52. The van der Waals surface area contributed by atoms with Gasteiger partial charge in [-0.2, -0.15) is 13.2 Å². The number of hydrogen-bond donors (Lipinski definition) is 1. The number of unbranched alkanes of at least 4 members (excludes halogenated alkanes) is 1. The molecule has 0 saturated carbocycles. The van der Waals surface area contributed by atoms with Crippen LogP contribution in [0.4, 0.5) is 13.2 Å². The number of nitrogens with zero attached hydrogens (tertiary/aromatic N) is 2. The minimum Gasteiger partial charge on any atom is -0.345 e. The van der Waals surface area contributed by atoms with Crippen molar-refractivity contribution in [2.24, 2.45) is 21.8 Å². The molecule has 1 N–H and O–H groups in total. The Labute approximate surface area is 220 Å². The zero-order chi connectivity index (χ0) is 28.0. The van der Waals surface area contributed by atoms with E-state index in [-0.39, 0.29) is 17.6 Å². The molecule has 0 radical (unpaired) electrons. The zero-order valence-corrected chi connectivity index (χ0v) is 23.2. The number of amidine groups is 1. The van der Waals surface area contributed by atoms with E-state index >= 15 is 0 Å². The smallest absolute Gasteiger partial charge is 0.345 e. The number of alkyl halides is 3. The zero-order valence-electron chi connectivity index (χ0n) is 23.2. The second-order valence-corrected chi connectivity index (χ2v) is 9.10. The molecule has 37 heavy (non-hydrogen) atoms. The summed E-state index contributed by atoms with van der Waals surface area (Å²) in [7, 11) is 0. The van der Waals surface area contributed by atoms with E-state index in [4.69, 9.17) is 4.99 Å². The molecular formula is C30H42F3N3O. The van der Waals surface area contributed by atoms with E-state index in [0.29, 0.717) is 30.1 Å². The van der Waals surface area contributed by atoms with Gasteiger partial charge in [0.05, 0.1) is 5.56 Å². The van der Waals surface area contributed by atoms with Gasteiger partial charge in [-0.25, -0.2) is 0 Å². The van der Waals surface area contributed by atoms with Gasteiger partial charge < -0.3 is 5.32 Å². The Morgan fingerprint density at radius 1 is 1.11 bits per heavy atom. The third-order valence-electron chi connectivity index (χ3n) is 5.72. The van der Waals surface area contributed by atoms with Gasteiger partial charge in [0, 0.05) is 42.4 Å². The van der Waals surface area contributed by atoms with Crippen LogP contribution in [0, 0.1) is 11.8 Å². The average Bonchev–Trinajstić information content (AvgIpc) is 2.88. The Hall–Kier alpha value is -2.96. The summed E-state index contributed by atoms with van der Waals surface area (Å²) in [6.07, 6.45) is 5.98. The SMILES string of the molecule is CC.C\C=C/N=C1\C(=NCC(C)CCC(=O)C(C)C)NC=C(c2ccc(C(F)(F)F)cc2)\C1=C/CCC. The van der Waals surface area contributed by atoms with Crippen molar-refractivity contribution >= 4 is 22.9 Å². The van der Waals surface area contributed by atoms with Crippen LogP contribution in [0.15, 0.2) is 64.4 Å². The van der Waals surface area contributed by atoms with E-state index < -0.39 is 11.7 Å². The highest BCUT2D eigenvalue weighted by Gasteiger charge is 2.30. The molecule has 0 amide bonds. The fourth-order valence-corrected chi connectivity index (χ4v) is 3.53. The first kappa shape index (κ1) is 32.1. The van der Waals surface area contributed by atoms with E-state index in [1.54, 1.807) is 12.4 Å². The van der Waals surface area contributed by atoms with Gasteiger partial charge >= 0.3 is 6.18 Å². The maximum Gasteiger partial charge on any atom is 0.416 e. The molecule has 1 aliphatic heterocycles. The quantitative estimate of drug-likeness (QED) is 0.339. The fourth-order valence-electron chi connectivity index (χ4n) is 3.53. The molecular weight excluding hydrogens is 475 g/mol. The Morgan fingerprint density at radius 2 is 1.76 bits per heavy atom. The van der Waals surface area contributed by atoms with Crippen molar-refractivity contribution in [2.45, 2.75) is 80.3 Å². The number of aliphatic imine (C=N–C) groups is 2. The molecule has 1 aromatic rings. The Bertz CT molecular complexity index is 1010. The number of halogens is 3. The molecule has 0 aromatic heterocycles. The standard InChI is InChI=1S/C28H36F3N3O.C2H6/c1-6-8-9-23-24(21-11-13-22(14-12-21)28(29,30)31)18-34-27(26(23)32-16-7-2)33-17-20(5)10-15-25(35)19(3)4;1-2/h7,9,11-14,16,18-20H,6,8,10,15,17H2,1-5H3,(H,33,34);1-2H3/b16-7-,23-9+,32-26-;. The van der Waals surface area contributed by atoms with Crippen LogP contribution in [0.1, 0.15) is 85.3 Å². The molecule has 0 aliphatic carbocycles. The summed E-state index contributed by atoms with van der Waals surface area (Å²) in [5.74, 6) is 1.12. The van der Waals surface area contributed by atoms with Gasteiger partial charge in [0.2, 0.25) is 0 Å². The Kier molecular flexibility index (Phi) is 13.9. The van der Waals surface area contributed by atoms with Gasteiger partial charge in [0.1, 0.15) is 11.5 Å². The van der Waals surface area contributed by atoms with Gasteiger partial charge in [-0.3, -0.25) is 14.8 Å². The predicted molar refractivity (Wildman–Crippen MR) is 150 cm³/mol. The predicted octanol–water partition coefficient (Wildman–Crippen LogP) is 8.42. The number of allylic oxidation sites excluding steroid dienone is 3. The molecule has 0 fully saturated rings. The first-order valence-corrected chi connectivity index (χ1v) is 13.2. The minimum absolute atomic E-state index is 0.0353. The molecule has 1 aliphatic rings. The lowest BCUT2D eigenvalue weighted by atomic mass is 9.90. The topological polar surface area (TPSA) is 53.8 Å². The summed E-state index contributed by atoms with van der Waals surface area (Å²) in [5.41, 5.74) is 2.24. The molecule has 0 saturated heterocycles. The van der Waals surface area contributed by atoms with Crippen LogP contribution in [0.5, 0.6) is 0 Å². The van der Waals surface area contributed by atoms with Crippen LogP contribution >= 0.6 is 0 Å². The molecule has 1 aromatic carbocycles. The summed E-state index contributed by atoms with van der Waals surface area (Å²) in [5, 5.41) is 3.21. The molecule has 4 nitrogen and oxygen atoms in total. The molecule has 1 atom stereocenters. The van der Waals surface area contributed by atoms with Crippen molar-refractivity contribution < 1.29 is 18.0 Å². The van der Waals surface area contributed by atoms with Crippen LogP contribution in [0.3, 0.4) is 0 Å². The summed E-state index contributed by atoms with van der Waals surface area (Å²) >= 11 is 0. The monoisotopic (exact) mass is 517 g/mol. The van der Waals surface area contributed by atoms with E-state index in [1.807, 2.05) is 40.7 Å². The Morgan fingerprint density at radius 3 is 2.30 bits per heavy atom. The normalized spacial score (nSPS) is 18.1. The summed E-state index contributed by atoms with van der Waals surface area (Å²) < 4.78 is 39.1. The lowest BCUT2D eigenvalue weighted by molar-refractivity contribution is -0.137. The van der Waals surface area contributed by atoms with Crippen LogP contribution in [-0.2, 0) is 11.0 Å². The maximum absolute atomic E-state index is 13.0. The number of nitrogens with one attached hydrogen (secondary N) is 1. The second-order valence-electron chi connectivity index (χ2n) is 9.10. The number of ketones is 1. The largest absolute Gasteiger partial charge is 0.416 e. The second kappa shape index (κ2) is 16.0. The molecule has 1 unspecified atom stereocenters. The van der Waals surface area contributed by atoms with E-state index in [2.05, 4.69) is 30.2 Å². The van der Waals surface area contributed by atoms with Crippen LogP contribution in [-0.4, -0.2) is 23.9 Å². The van der Waals surface area contributed by atoms with Gasteiger partial charge in [-0.05, 0) is 43.4 Å². The van der Waals surface area contributed by atoms with Crippen molar-refractivity contribution in [2.75, 3.05) is 6.54 Å². The number of Topliss-reactive ketones (excluding diaryl/α,β-unsaturated/α-hetero) is 1. The van der Waals surface area contributed by atoms with Crippen molar-refractivity contribution in [3.05, 3.63) is 65.5 Å². The van der Waals surface area contributed by atoms with Gasteiger partial charge in [-0.1, -0.05) is 72.2 Å². The first-order valence-electron chi connectivity index (χ1n) is 13.2. The fraction of sp³-hybridized carbons (Fsp3) is 0.500. The van der Waals surface area contributed by atoms with Crippen molar-refractivity contribution in [3.63, 3.8) is 0 Å². The third-order valence-corrected chi connectivity index (χ3v) is 5.72. The third kappa shape index (κ3) is 10.1. The number of benzene rings is 1. The van der Waals surface area contributed by atoms with Crippen molar-refractivity contribution in [1.29, 1.82) is 0 Å². The van der Waals surface area contributed by atoms with E-state index in [1.165, 1.54) is 12.1 Å². The van der Waals surface area contributed by atoms with Gasteiger partial charge in [-0.15, -0.1) is 0 Å². The number of carbonyl (C=O) groups is 1. The first-order chi connectivity index (χ1) is 17.6. The lowest BCUT2D eigenvalue weighted by Gasteiger charge is -2.23. The summed E-state index contributed by atoms with van der Waals surface area (Å²) in [6.45, 7) is 14.4. The van der Waals surface area contributed by atoms with Crippen LogP contribution < -0.4 is 5.32 Å². The maximum atomic E-state index is 13.0. The summed E-state index contributed by atoms with van der Waals surface area (Å²) in [4.78, 5) is 21.4. The van der Waals surface area contributed by atoms with Crippen molar-refractivity contribution in [1.82, 2.24) is 5.32 Å². The molecule has 2 rings (SSSR count). The van der Waals surface area contributed by atoms with E-state index in [9.17, 15) is 18.0 Å². The molecule has 0 bridgehead atoms. The minimum atomic E-state index is -4.38. The average molecular weight is 518 g/mol. The Balaban J connectivity index is 0.00000334. The molecule has 7 heteroatoms. The highest BCUT2D eigenvalue weighted by Crippen LogP contribution is 2.33.